The van der Waals surface area contributed by atoms with Crippen LogP contribution in [0.3, 0.4) is 0 Å². The molecular weight excluding hydrogens is 246 g/mol. The molecule has 0 amide bonds. The quantitative estimate of drug-likeness (QED) is 0.868. The van der Waals surface area contributed by atoms with Gasteiger partial charge in [0.05, 0.1) is 0 Å². The van der Waals surface area contributed by atoms with Crippen molar-refractivity contribution in [2.45, 2.75) is 58.9 Å². The molecule has 1 fully saturated rings. The minimum absolute atomic E-state index is 0.523. The highest BCUT2D eigenvalue weighted by molar-refractivity contribution is 5.47. The summed E-state index contributed by atoms with van der Waals surface area (Å²) in [6.45, 7) is 7.93. The Hall–Kier alpha value is -1.25. The molecule has 0 aliphatic heterocycles. The number of pyridine rings is 1. The van der Waals surface area contributed by atoms with Gasteiger partial charge in [-0.25, -0.2) is 4.98 Å². The lowest BCUT2D eigenvalue weighted by Gasteiger charge is -2.39. The zero-order valence-electron chi connectivity index (χ0n) is 13.4. The number of aromatic nitrogens is 1. The molecule has 3 nitrogen and oxygen atoms in total. The summed E-state index contributed by atoms with van der Waals surface area (Å²) in [4.78, 5) is 7.10. The molecule has 0 saturated heterocycles. The average Bonchev–Trinajstić information content (AvgIpc) is 2.45. The normalized spacial score (nSPS) is 18.8. The summed E-state index contributed by atoms with van der Waals surface area (Å²) in [5.74, 6) is 2.09. The minimum Gasteiger partial charge on any atom is -0.370 e. The van der Waals surface area contributed by atoms with Crippen LogP contribution >= 0.6 is 0 Å². The van der Waals surface area contributed by atoms with E-state index in [1.165, 1.54) is 25.7 Å². The molecule has 1 heterocycles. The van der Waals surface area contributed by atoms with E-state index >= 15 is 0 Å². The Bertz CT molecular complexity index is 418. The third-order valence-corrected chi connectivity index (χ3v) is 4.51. The van der Waals surface area contributed by atoms with Crippen molar-refractivity contribution in [3.8, 4) is 0 Å². The van der Waals surface area contributed by atoms with Crippen molar-refractivity contribution >= 4 is 11.6 Å². The van der Waals surface area contributed by atoms with Crippen LogP contribution in [0.2, 0.25) is 0 Å². The molecule has 1 aliphatic rings. The molecule has 0 spiro atoms. The van der Waals surface area contributed by atoms with Gasteiger partial charge < -0.3 is 10.2 Å². The monoisotopic (exact) mass is 275 g/mol. The van der Waals surface area contributed by atoms with Gasteiger partial charge in [0.1, 0.15) is 11.6 Å². The Labute approximate surface area is 123 Å². The van der Waals surface area contributed by atoms with Gasteiger partial charge in [-0.15, -0.1) is 0 Å². The molecule has 0 unspecified atom stereocenters. The molecule has 0 radical (unpaired) electrons. The molecule has 1 aromatic heterocycles. The van der Waals surface area contributed by atoms with E-state index in [9.17, 15) is 0 Å². The van der Waals surface area contributed by atoms with E-state index in [4.69, 9.17) is 4.98 Å². The topological polar surface area (TPSA) is 28.2 Å². The van der Waals surface area contributed by atoms with Crippen LogP contribution in [0.25, 0.3) is 0 Å². The van der Waals surface area contributed by atoms with E-state index in [2.05, 4.69) is 56.2 Å². The van der Waals surface area contributed by atoms with Crippen molar-refractivity contribution < 1.29 is 0 Å². The predicted octanol–water partition coefficient (Wildman–Crippen LogP) is 4.31. The second-order valence-corrected chi connectivity index (χ2v) is 6.81. The molecule has 0 atom stereocenters. The fraction of sp³-hybridized carbons (Fsp3) is 0.706. The van der Waals surface area contributed by atoms with Gasteiger partial charge in [-0.1, -0.05) is 26.8 Å². The Morgan fingerprint density at radius 2 is 2.00 bits per heavy atom. The largest absolute Gasteiger partial charge is 0.370 e. The highest BCUT2D eigenvalue weighted by Gasteiger charge is 2.29. The number of nitrogens with one attached hydrogen (secondary N) is 1. The Balaban J connectivity index is 2.00. The molecular formula is C17H29N3. The van der Waals surface area contributed by atoms with Crippen molar-refractivity contribution in [3.63, 3.8) is 0 Å². The molecule has 20 heavy (non-hydrogen) atoms. The Kier molecular flexibility index (Phi) is 4.90. The number of nitrogens with zero attached hydrogens (tertiary/aromatic N) is 2. The fourth-order valence-corrected chi connectivity index (χ4v) is 2.93. The van der Waals surface area contributed by atoms with Crippen molar-refractivity contribution in [1.82, 2.24) is 4.98 Å². The van der Waals surface area contributed by atoms with Crippen LogP contribution in [0, 0.1) is 5.41 Å². The molecule has 112 valence electrons. The van der Waals surface area contributed by atoms with E-state index in [0.717, 1.165) is 24.6 Å². The van der Waals surface area contributed by atoms with Crippen molar-refractivity contribution in [2.24, 2.45) is 5.41 Å². The average molecular weight is 275 g/mol. The SMILES string of the molecule is CCCNc1cccc(N(C)C2CCC(C)(C)CC2)n1. The number of hydrogen-bond acceptors (Lipinski definition) is 3. The van der Waals surface area contributed by atoms with Gasteiger partial charge in [0.25, 0.3) is 0 Å². The summed E-state index contributed by atoms with van der Waals surface area (Å²) < 4.78 is 0. The van der Waals surface area contributed by atoms with E-state index in [-0.39, 0.29) is 0 Å². The van der Waals surface area contributed by atoms with Crippen molar-refractivity contribution in [1.29, 1.82) is 0 Å². The predicted molar refractivity (Wildman–Crippen MR) is 87.5 cm³/mol. The second kappa shape index (κ2) is 6.47. The minimum atomic E-state index is 0.523. The van der Waals surface area contributed by atoms with Gasteiger partial charge >= 0.3 is 0 Å². The molecule has 1 aromatic rings. The van der Waals surface area contributed by atoms with Gasteiger partial charge in [0.2, 0.25) is 0 Å². The number of hydrogen-bond donors (Lipinski definition) is 1. The molecule has 0 aromatic carbocycles. The first-order chi connectivity index (χ1) is 9.52. The van der Waals surface area contributed by atoms with Crippen LogP contribution in [-0.4, -0.2) is 24.6 Å². The zero-order chi connectivity index (χ0) is 14.6. The van der Waals surface area contributed by atoms with Gasteiger partial charge in [0.15, 0.2) is 0 Å². The van der Waals surface area contributed by atoms with Crippen LogP contribution in [0.5, 0.6) is 0 Å². The molecule has 2 rings (SSSR count). The third-order valence-electron chi connectivity index (χ3n) is 4.51. The van der Waals surface area contributed by atoms with Gasteiger partial charge in [0, 0.05) is 19.6 Å². The second-order valence-electron chi connectivity index (χ2n) is 6.81. The van der Waals surface area contributed by atoms with Crippen LogP contribution in [0.1, 0.15) is 52.9 Å². The third kappa shape index (κ3) is 3.87. The molecule has 1 aliphatic carbocycles. The van der Waals surface area contributed by atoms with E-state index in [1.54, 1.807) is 0 Å². The maximum atomic E-state index is 4.74. The van der Waals surface area contributed by atoms with E-state index < -0.39 is 0 Å². The smallest absolute Gasteiger partial charge is 0.130 e. The van der Waals surface area contributed by atoms with Gasteiger partial charge in [-0.3, -0.25) is 0 Å². The molecule has 0 bridgehead atoms. The maximum absolute atomic E-state index is 4.74. The van der Waals surface area contributed by atoms with Crippen LogP contribution in [0.15, 0.2) is 18.2 Å². The van der Waals surface area contributed by atoms with Crippen LogP contribution < -0.4 is 10.2 Å². The van der Waals surface area contributed by atoms with E-state index in [1.807, 2.05) is 0 Å². The van der Waals surface area contributed by atoms with Gasteiger partial charge in [-0.05, 0) is 49.7 Å². The Morgan fingerprint density at radius 3 is 2.65 bits per heavy atom. The Morgan fingerprint density at radius 1 is 1.30 bits per heavy atom. The first-order valence-electron chi connectivity index (χ1n) is 7.95. The van der Waals surface area contributed by atoms with Crippen molar-refractivity contribution in [2.75, 3.05) is 23.8 Å². The standard InChI is InChI=1S/C17H29N3/c1-5-13-18-15-7-6-8-16(19-15)20(4)14-9-11-17(2,3)12-10-14/h6-8,14H,5,9-13H2,1-4H3,(H,18,19). The summed E-state index contributed by atoms with van der Waals surface area (Å²) in [5.41, 5.74) is 0.523. The van der Waals surface area contributed by atoms with Gasteiger partial charge in [-0.2, -0.15) is 0 Å². The van der Waals surface area contributed by atoms with Crippen LogP contribution in [0.4, 0.5) is 11.6 Å². The number of rotatable bonds is 5. The molecule has 1 saturated carbocycles. The molecule has 1 N–H and O–H groups in total. The van der Waals surface area contributed by atoms with E-state index in [0.29, 0.717) is 11.5 Å². The summed E-state index contributed by atoms with van der Waals surface area (Å²) in [6.07, 6.45) is 6.31. The number of anilines is 2. The first-order valence-corrected chi connectivity index (χ1v) is 7.95. The summed E-state index contributed by atoms with van der Waals surface area (Å²) in [7, 11) is 2.19. The lowest BCUT2D eigenvalue weighted by molar-refractivity contribution is 0.222. The summed E-state index contributed by atoms with van der Waals surface area (Å²) in [6, 6.07) is 6.91. The summed E-state index contributed by atoms with van der Waals surface area (Å²) in [5, 5.41) is 3.37. The fourth-order valence-electron chi connectivity index (χ4n) is 2.93. The highest BCUT2D eigenvalue weighted by atomic mass is 15.2. The lowest BCUT2D eigenvalue weighted by atomic mass is 9.75. The zero-order valence-corrected chi connectivity index (χ0v) is 13.4. The molecule has 3 heteroatoms. The first kappa shape index (κ1) is 15.1. The highest BCUT2D eigenvalue weighted by Crippen LogP contribution is 2.37. The maximum Gasteiger partial charge on any atom is 0.130 e. The lowest BCUT2D eigenvalue weighted by Crippen LogP contribution is -2.37. The van der Waals surface area contributed by atoms with Crippen LogP contribution in [-0.2, 0) is 0 Å². The summed E-state index contributed by atoms with van der Waals surface area (Å²) >= 11 is 0. The van der Waals surface area contributed by atoms with Crippen molar-refractivity contribution in [3.05, 3.63) is 18.2 Å².